The zero-order valence-electron chi connectivity index (χ0n) is 11.5. The Kier molecular flexibility index (Phi) is 5.31. The number of nitrogens with one attached hydrogen (secondary N) is 1. The van der Waals surface area contributed by atoms with Crippen LogP contribution in [0.15, 0.2) is 24.3 Å². The zero-order valence-corrected chi connectivity index (χ0v) is 11.5. The van der Waals surface area contributed by atoms with Gasteiger partial charge in [-0.2, -0.15) is 0 Å². The molecule has 0 fully saturated rings. The second kappa shape index (κ2) is 6.52. The van der Waals surface area contributed by atoms with Gasteiger partial charge in [0, 0.05) is 24.2 Å². The standard InChI is InChI=1S/C14H22N2O2/c1-10(2)16(11(3)4)9-12-5-7-13(8-6-12)14(17)15-18/h5-8,10-11,18H,9H2,1-4H3,(H,15,17). The molecule has 0 heterocycles. The summed E-state index contributed by atoms with van der Waals surface area (Å²) in [5.41, 5.74) is 3.25. The highest BCUT2D eigenvalue weighted by atomic mass is 16.5. The molecule has 1 amide bonds. The molecule has 0 aliphatic carbocycles. The van der Waals surface area contributed by atoms with Crippen molar-refractivity contribution in [3.05, 3.63) is 35.4 Å². The van der Waals surface area contributed by atoms with E-state index in [1.807, 2.05) is 12.1 Å². The van der Waals surface area contributed by atoms with Crippen molar-refractivity contribution in [2.24, 2.45) is 0 Å². The fourth-order valence-corrected chi connectivity index (χ4v) is 2.00. The molecule has 0 spiro atoms. The van der Waals surface area contributed by atoms with Crippen molar-refractivity contribution in [1.82, 2.24) is 10.4 Å². The largest absolute Gasteiger partial charge is 0.294 e. The molecular formula is C14H22N2O2. The number of hydroxylamine groups is 1. The molecule has 0 unspecified atom stereocenters. The summed E-state index contributed by atoms with van der Waals surface area (Å²) >= 11 is 0. The van der Waals surface area contributed by atoms with Crippen LogP contribution in [0.5, 0.6) is 0 Å². The Labute approximate surface area is 109 Å². The van der Waals surface area contributed by atoms with E-state index in [1.165, 1.54) is 0 Å². The van der Waals surface area contributed by atoms with Gasteiger partial charge in [0.05, 0.1) is 0 Å². The maximum atomic E-state index is 11.2. The average molecular weight is 250 g/mol. The summed E-state index contributed by atoms with van der Waals surface area (Å²) in [6, 6.07) is 8.24. The summed E-state index contributed by atoms with van der Waals surface area (Å²) in [5, 5.41) is 8.54. The van der Waals surface area contributed by atoms with Crippen LogP contribution < -0.4 is 5.48 Å². The second-order valence-corrected chi connectivity index (χ2v) is 5.00. The van der Waals surface area contributed by atoms with Gasteiger partial charge < -0.3 is 0 Å². The van der Waals surface area contributed by atoms with E-state index in [0.29, 0.717) is 17.6 Å². The third-order valence-electron chi connectivity index (χ3n) is 3.01. The van der Waals surface area contributed by atoms with E-state index in [1.54, 1.807) is 17.6 Å². The van der Waals surface area contributed by atoms with E-state index in [9.17, 15) is 4.79 Å². The fraction of sp³-hybridized carbons (Fsp3) is 0.500. The normalized spacial score (nSPS) is 11.3. The molecule has 0 aromatic heterocycles. The van der Waals surface area contributed by atoms with E-state index in [4.69, 9.17) is 5.21 Å². The van der Waals surface area contributed by atoms with E-state index >= 15 is 0 Å². The molecule has 4 nitrogen and oxygen atoms in total. The van der Waals surface area contributed by atoms with Crippen LogP contribution in [0.1, 0.15) is 43.6 Å². The second-order valence-electron chi connectivity index (χ2n) is 5.00. The number of carbonyl (C=O) groups excluding carboxylic acids is 1. The lowest BCUT2D eigenvalue weighted by Crippen LogP contribution is -2.36. The van der Waals surface area contributed by atoms with Crippen LogP contribution >= 0.6 is 0 Å². The molecule has 18 heavy (non-hydrogen) atoms. The molecule has 2 N–H and O–H groups in total. The number of hydrogen-bond donors (Lipinski definition) is 2. The Morgan fingerprint density at radius 3 is 2.06 bits per heavy atom. The molecule has 4 heteroatoms. The van der Waals surface area contributed by atoms with Crippen LogP contribution in [0.25, 0.3) is 0 Å². The summed E-state index contributed by atoms with van der Waals surface area (Å²) in [4.78, 5) is 13.6. The molecule has 0 radical (unpaired) electrons. The van der Waals surface area contributed by atoms with Crippen LogP contribution in [-0.4, -0.2) is 28.1 Å². The van der Waals surface area contributed by atoms with Gasteiger partial charge in [0.1, 0.15) is 0 Å². The SMILES string of the molecule is CC(C)N(Cc1ccc(C(=O)NO)cc1)C(C)C. The van der Waals surface area contributed by atoms with Crippen molar-refractivity contribution in [2.45, 2.75) is 46.3 Å². The van der Waals surface area contributed by atoms with Crippen LogP contribution in [0.4, 0.5) is 0 Å². The first-order valence-corrected chi connectivity index (χ1v) is 6.24. The summed E-state index contributed by atoms with van der Waals surface area (Å²) in [7, 11) is 0. The van der Waals surface area contributed by atoms with Crippen molar-refractivity contribution in [2.75, 3.05) is 0 Å². The first-order chi connectivity index (χ1) is 8.45. The van der Waals surface area contributed by atoms with Crippen LogP contribution in [0, 0.1) is 0 Å². The Hall–Kier alpha value is -1.39. The molecule has 0 atom stereocenters. The summed E-state index contributed by atoms with van der Waals surface area (Å²) < 4.78 is 0. The van der Waals surface area contributed by atoms with Crippen LogP contribution in [0.2, 0.25) is 0 Å². The minimum atomic E-state index is -0.480. The molecule has 1 rings (SSSR count). The minimum Gasteiger partial charge on any atom is -0.294 e. The lowest BCUT2D eigenvalue weighted by molar-refractivity contribution is 0.0706. The lowest BCUT2D eigenvalue weighted by atomic mass is 10.1. The fourth-order valence-electron chi connectivity index (χ4n) is 2.00. The molecule has 1 aromatic rings. The highest BCUT2D eigenvalue weighted by Crippen LogP contribution is 2.13. The van der Waals surface area contributed by atoms with Crippen molar-refractivity contribution >= 4 is 5.91 Å². The highest BCUT2D eigenvalue weighted by molar-refractivity contribution is 5.93. The first kappa shape index (κ1) is 14.7. The van der Waals surface area contributed by atoms with Gasteiger partial charge in [-0.15, -0.1) is 0 Å². The maximum absolute atomic E-state index is 11.2. The third-order valence-corrected chi connectivity index (χ3v) is 3.01. The monoisotopic (exact) mass is 250 g/mol. The number of hydrogen-bond acceptors (Lipinski definition) is 3. The quantitative estimate of drug-likeness (QED) is 0.623. The van der Waals surface area contributed by atoms with Crippen molar-refractivity contribution in [1.29, 1.82) is 0 Å². The summed E-state index contributed by atoms with van der Waals surface area (Å²) in [5.74, 6) is -0.480. The van der Waals surface area contributed by atoms with Gasteiger partial charge in [-0.1, -0.05) is 12.1 Å². The lowest BCUT2D eigenvalue weighted by Gasteiger charge is -2.30. The van der Waals surface area contributed by atoms with E-state index in [-0.39, 0.29) is 0 Å². The van der Waals surface area contributed by atoms with Gasteiger partial charge in [-0.25, -0.2) is 5.48 Å². The van der Waals surface area contributed by atoms with Gasteiger partial charge in [0.15, 0.2) is 0 Å². The van der Waals surface area contributed by atoms with Gasteiger partial charge in [0.25, 0.3) is 5.91 Å². The average Bonchev–Trinajstić information content (AvgIpc) is 2.35. The summed E-state index contributed by atoms with van der Waals surface area (Å²) in [6.07, 6.45) is 0. The van der Waals surface area contributed by atoms with E-state index in [2.05, 4.69) is 32.6 Å². The third kappa shape index (κ3) is 3.82. The highest BCUT2D eigenvalue weighted by Gasteiger charge is 2.13. The van der Waals surface area contributed by atoms with E-state index in [0.717, 1.165) is 12.1 Å². The molecule has 0 aliphatic rings. The van der Waals surface area contributed by atoms with E-state index < -0.39 is 5.91 Å². The molecular weight excluding hydrogens is 228 g/mol. The molecule has 0 saturated heterocycles. The Morgan fingerprint density at radius 2 is 1.67 bits per heavy atom. The van der Waals surface area contributed by atoms with Crippen molar-refractivity contribution in [3.63, 3.8) is 0 Å². The van der Waals surface area contributed by atoms with Crippen LogP contribution in [-0.2, 0) is 6.54 Å². The molecule has 0 aliphatic heterocycles. The van der Waals surface area contributed by atoms with Gasteiger partial charge in [0.2, 0.25) is 0 Å². The number of nitrogens with zero attached hydrogens (tertiary/aromatic N) is 1. The van der Waals surface area contributed by atoms with Crippen molar-refractivity contribution in [3.8, 4) is 0 Å². The van der Waals surface area contributed by atoms with Gasteiger partial charge >= 0.3 is 0 Å². The Balaban J connectivity index is 2.76. The number of amides is 1. The number of carbonyl (C=O) groups is 1. The smallest absolute Gasteiger partial charge is 0.274 e. The molecule has 100 valence electrons. The number of rotatable bonds is 5. The first-order valence-electron chi connectivity index (χ1n) is 6.24. The molecule has 1 aromatic carbocycles. The van der Waals surface area contributed by atoms with Gasteiger partial charge in [-0.05, 0) is 45.4 Å². The number of benzene rings is 1. The van der Waals surface area contributed by atoms with Crippen molar-refractivity contribution < 1.29 is 10.0 Å². The maximum Gasteiger partial charge on any atom is 0.274 e. The predicted molar refractivity (Wildman–Crippen MR) is 71.5 cm³/mol. The molecule has 0 bridgehead atoms. The predicted octanol–water partition coefficient (Wildman–Crippen LogP) is 2.42. The minimum absolute atomic E-state index is 0.460. The summed E-state index contributed by atoms with van der Waals surface area (Å²) in [6.45, 7) is 9.55. The van der Waals surface area contributed by atoms with Crippen LogP contribution in [0.3, 0.4) is 0 Å². The Morgan fingerprint density at radius 1 is 1.17 bits per heavy atom. The Bertz CT molecular complexity index is 377. The zero-order chi connectivity index (χ0) is 13.7. The van der Waals surface area contributed by atoms with Gasteiger partial charge in [-0.3, -0.25) is 14.9 Å². The molecule has 0 saturated carbocycles. The topological polar surface area (TPSA) is 52.6 Å².